The van der Waals surface area contributed by atoms with Gasteiger partial charge in [0.05, 0.1) is 32.6 Å². The second-order valence-corrected chi connectivity index (χ2v) is 10.6. The molecule has 0 saturated carbocycles. The highest BCUT2D eigenvalue weighted by atomic mass is 32.1. The molecule has 14 heteroatoms. The first-order chi connectivity index (χ1) is 18.1. The Morgan fingerprint density at radius 1 is 0.676 bits per heavy atom. The predicted molar refractivity (Wildman–Crippen MR) is 150 cm³/mol. The fourth-order valence-corrected chi connectivity index (χ4v) is 6.59. The van der Waals surface area contributed by atoms with Crippen molar-refractivity contribution in [3.05, 3.63) is 80.6 Å². The Hall–Kier alpha value is -2.71. The molecule has 0 amide bonds. The number of hydrogen-bond acceptors (Lipinski definition) is 6. The van der Waals surface area contributed by atoms with Crippen molar-refractivity contribution >= 4 is 76.2 Å². The molecule has 0 N–H and O–H groups in total. The summed E-state index contributed by atoms with van der Waals surface area (Å²) in [7, 11) is 17.4. The van der Waals surface area contributed by atoms with Crippen molar-refractivity contribution < 1.29 is 8.78 Å². The number of rotatable bonds is 8. The van der Waals surface area contributed by atoms with Crippen LogP contribution in [0.25, 0.3) is 20.9 Å². The molecule has 8 radical (unpaired) electrons. The van der Waals surface area contributed by atoms with Gasteiger partial charge in [0.15, 0.2) is 0 Å². The predicted octanol–water partition coefficient (Wildman–Crippen LogP) is -0.502. The van der Waals surface area contributed by atoms with Crippen molar-refractivity contribution in [3.63, 3.8) is 0 Å². The second-order valence-electron chi connectivity index (χ2n) is 8.39. The third kappa shape index (κ3) is 4.48. The summed E-state index contributed by atoms with van der Waals surface area (Å²) in [4.78, 5) is 19.5. The van der Waals surface area contributed by atoms with E-state index in [1.54, 1.807) is 14.3 Å². The van der Waals surface area contributed by atoms with Crippen molar-refractivity contribution in [2.24, 2.45) is 20.0 Å². The molecule has 4 nitrogen and oxygen atoms in total. The van der Waals surface area contributed by atoms with Gasteiger partial charge in [-0.05, 0) is 44.9 Å². The smallest absolute Gasteiger partial charge is 0.134 e. The molecule has 2 aliphatic heterocycles. The summed E-state index contributed by atoms with van der Waals surface area (Å²) in [6.45, 7) is 0.450. The molecule has 2 aliphatic rings. The SMILES string of the molecule is [B][B][B]c1ccc(-c2c(F)cc(Cc3cc(F)c(-c4ccc([B][B][B])s4)c4c3=NCN=4)c3c2=NCN=3)s1. The summed E-state index contributed by atoms with van der Waals surface area (Å²) >= 11 is 2.85. The van der Waals surface area contributed by atoms with Crippen LogP contribution in [0.15, 0.2) is 56.4 Å². The molecule has 0 bridgehead atoms. The van der Waals surface area contributed by atoms with Crippen molar-refractivity contribution in [2.75, 3.05) is 13.3 Å². The first-order valence-electron chi connectivity index (χ1n) is 11.4. The maximum Gasteiger partial charge on any atom is 0.134 e. The van der Waals surface area contributed by atoms with Gasteiger partial charge in [0.1, 0.15) is 39.3 Å². The molecule has 0 spiro atoms. The van der Waals surface area contributed by atoms with Gasteiger partial charge in [0, 0.05) is 45.8 Å². The van der Waals surface area contributed by atoms with Gasteiger partial charge in [-0.25, -0.2) is 8.78 Å². The first-order valence-corrected chi connectivity index (χ1v) is 13.1. The van der Waals surface area contributed by atoms with E-state index in [0.29, 0.717) is 43.7 Å². The van der Waals surface area contributed by atoms with Crippen LogP contribution < -0.4 is 31.0 Å². The van der Waals surface area contributed by atoms with Crippen LogP contribution in [0, 0.1) is 11.6 Å². The van der Waals surface area contributed by atoms with E-state index in [2.05, 4.69) is 20.0 Å². The van der Waals surface area contributed by atoms with E-state index in [1.807, 2.05) is 24.3 Å². The number of halogens is 2. The molecule has 0 fully saturated rings. The van der Waals surface area contributed by atoms with Crippen LogP contribution in [0.5, 0.6) is 0 Å². The van der Waals surface area contributed by atoms with Crippen LogP contribution in [0.1, 0.15) is 11.1 Å². The highest BCUT2D eigenvalue weighted by molar-refractivity contribution is 7.38. The Morgan fingerprint density at radius 2 is 1.11 bits per heavy atom. The molecule has 0 atom stereocenters. The van der Waals surface area contributed by atoms with Crippen LogP contribution in [0.3, 0.4) is 0 Å². The van der Waals surface area contributed by atoms with Gasteiger partial charge < -0.3 is 0 Å². The molecule has 4 heterocycles. The molecule has 37 heavy (non-hydrogen) atoms. The van der Waals surface area contributed by atoms with Crippen LogP contribution >= 0.6 is 22.7 Å². The minimum absolute atomic E-state index is 0.225. The maximum absolute atomic E-state index is 15.5. The van der Waals surface area contributed by atoms with E-state index in [1.165, 1.54) is 48.9 Å². The minimum Gasteiger partial charge on any atom is -0.259 e. The molecule has 0 saturated heterocycles. The molecule has 0 unspecified atom stereocenters. The lowest BCUT2D eigenvalue weighted by Gasteiger charge is -2.09. The van der Waals surface area contributed by atoms with E-state index in [0.717, 1.165) is 19.3 Å². The fourth-order valence-electron chi connectivity index (χ4n) is 4.66. The average molecular weight is 511 g/mol. The number of fused-ring (bicyclic) bond motifs is 2. The molecule has 6 rings (SSSR count). The monoisotopic (exact) mass is 512 g/mol. The van der Waals surface area contributed by atoms with Gasteiger partial charge in [0.2, 0.25) is 0 Å². The minimum atomic E-state index is -0.394. The lowest BCUT2D eigenvalue weighted by atomic mass is 9.28. The quantitative estimate of drug-likeness (QED) is 0.287. The maximum atomic E-state index is 15.5. The number of nitrogens with zero attached hydrogens (tertiary/aromatic N) is 4. The molecule has 0 aliphatic carbocycles. The molecule has 168 valence electrons. The summed E-state index contributed by atoms with van der Waals surface area (Å²) in [5.74, 6) is -0.789. The number of benzene rings is 2. The summed E-state index contributed by atoms with van der Waals surface area (Å²) < 4.78 is 32.9. The third-order valence-electron chi connectivity index (χ3n) is 6.17. The van der Waals surface area contributed by atoms with E-state index < -0.39 is 11.6 Å². The van der Waals surface area contributed by atoms with E-state index in [-0.39, 0.29) is 19.8 Å². The summed E-state index contributed by atoms with van der Waals surface area (Å²) in [6.07, 6.45) is 0.258. The Balaban J connectivity index is 1.43. The van der Waals surface area contributed by atoms with Crippen LogP contribution in [0.4, 0.5) is 8.78 Å². The zero-order valence-electron chi connectivity index (χ0n) is 19.4. The molecular formula is C23H12B6F2N4S2. The largest absolute Gasteiger partial charge is 0.259 e. The van der Waals surface area contributed by atoms with Gasteiger partial charge in [0.25, 0.3) is 0 Å². The normalized spacial score (nSPS) is 13.0. The van der Waals surface area contributed by atoms with Gasteiger partial charge in [-0.2, -0.15) is 22.7 Å². The molecule has 2 aromatic heterocycles. The second kappa shape index (κ2) is 10.2. The molecule has 4 aromatic rings. The van der Waals surface area contributed by atoms with Crippen LogP contribution in [0.2, 0.25) is 0 Å². The highest BCUT2D eigenvalue weighted by Gasteiger charge is 2.21. The van der Waals surface area contributed by atoms with Crippen molar-refractivity contribution in [3.8, 4) is 20.9 Å². The number of hydrogen-bond donors (Lipinski definition) is 0. The van der Waals surface area contributed by atoms with E-state index in [9.17, 15) is 0 Å². The van der Waals surface area contributed by atoms with Crippen molar-refractivity contribution in [1.29, 1.82) is 0 Å². The Morgan fingerprint density at radius 3 is 1.54 bits per heavy atom. The zero-order valence-corrected chi connectivity index (χ0v) is 21.0. The van der Waals surface area contributed by atoms with Crippen LogP contribution in [-0.2, 0) is 6.42 Å². The Labute approximate surface area is 225 Å². The lowest BCUT2D eigenvalue weighted by molar-refractivity contribution is 0.625. The van der Waals surface area contributed by atoms with Crippen molar-refractivity contribution in [2.45, 2.75) is 6.42 Å². The van der Waals surface area contributed by atoms with Gasteiger partial charge in [-0.15, -0.1) is 0 Å². The Bertz CT molecular complexity index is 1660. The first kappa shape index (κ1) is 24.6. The topological polar surface area (TPSA) is 49.4 Å². The molecule has 2 aromatic carbocycles. The summed E-state index contributed by atoms with van der Waals surface area (Å²) in [5.41, 5.74) is 2.12. The fraction of sp³-hybridized carbons (Fsp3) is 0.130. The van der Waals surface area contributed by atoms with Gasteiger partial charge in [-0.3, -0.25) is 20.0 Å². The standard InChI is InChI=1S/C23H12B6F2N4S2/c24-28-26-16-3-1-14(36-16)18-12(30)6-10(20-22(18)34-8-32-20)5-11-7-13(31)19(23-21(11)33-9-35-23)15-2-4-17(37-15)27-29-25/h1-4,6-7H,5,8-9H2. The molecular weight excluding hydrogens is 499 g/mol. The number of thiophene rings is 2. The lowest BCUT2D eigenvalue weighted by Crippen LogP contribution is -2.33. The average Bonchev–Trinajstić information content (AvgIpc) is 3.67. The van der Waals surface area contributed by atoms with Gasteiger partial charge >= 0.3 is 0 Å². The van der Waals surface area contributed by atoms with Crippen molar-refractivity contribution in [1.82, 2.24) is 0 Å². The zero-order chi connectivity index (χ0) is 25.5. The summed E-state index contributed by atoms with van der Waals surface area (Å²) in [6, 6.07) is 10.4. The highest BCUT2D eigenvalue weighted by Crippen LogP contribution is 2.25. The van der Waals surface area contributed by atoms with E-state index >= 15 is 8.78 Å². The van der Waals surface area contributed by atoms with Gasteiger partial charge in [-0.1, -0.05) is 12.1 Å². The van der Waals surface area contributed by atoms with E-state index in [4.69, 9.17) is 15.5 Å². The third-order valence-corrected chi connectivity index (χ3v) is 8.31. The Kier molecular flexibility index (Phi) is 6.80. The summed E-state index contributed by atoms with van der Waals surface area (Å²) in [5, 5.41) is 2.31. The van der Waals surface area contributed by atoms with Crippen LogP contribution in [-0.4, -0.2) is 57.3 Å².